The maximum atomic E-state index is 13.0. The Labute approximate surface area is 194 Å². The van der Waals surface area contributed by atoms with E-state index in [-0.39, 0.29) is 34.4 Å². The number of carbonyl (C=O) groups is 1. The Morgan fingerprint density at radius 1 is 1.20 bits per heavy atom. The van der Waals surface area contributed by atoms with Crippen molar-refractivity contribution in [1.29, 1.82) is 0 Å². The molecule has 4 aromatic rings. The highest BCUT2D eigenvalue weighted by molar-refractivity contribution is 6.00. The number of carbonyl (C=O) groups excluding carboxylic acids is 1. The summed E-state index contributed by atoms with van der Waals surface area (Å²) in [5, 5.41) is 19.3. The minimum atomic E-state index is -4.57. The molecule has 0 bridgehead atoms. The van der Waals surface area contributed by atoms with E-state index in [0.29, 0.717) is 5.82 Å². The number of alkyl halides is 3. The van der Waals surface area contributed by atoms with Crippen LogP contribution in [0.5, 0.6) is 5.88 Å². The van der Waals surface area contributed by atoms with Gasteiger partial charge in [0.1, 0.15) is 29.4 Å². The Balaban J connectivity index is 1.69. The monoisotopic (exact) mass is 489 g/mol. The number of fused-ring (bicyclic) bond motifs is 1. The third-order valence-corrected chi connectivity index (χ3v) is 4.71. The number of anilines is 3. The number of nitrogens with zero attached hydrogens (tertiary/aromatic N) is 6. The van der Waals surface area contributed by atoms with E-state index in [1.54, 1.807) is 30.6 Å². The molecule has 0 aliphatic heterocycles. The Hall–Kier alpha value is -4.69. The molecule has 12 nitrogen and oxygen atoms in total. The molecular formula is C20H18F3N9O3. The number of ether oxygens (including phenoxy) is 1. The van der Waals surface area contributed by atoms with Gasteiger partial charge in [-0.15, -0.1) is 10.2 Å². The molecule has 0 saturated carbocycles. The lowest BCUT2D eigenvalue weighted by Crippen LogP contribution is -2.33. The van der Waals surface area contributed by atoms with E-state index in [1.807, 2.05) is 0 Å². The fraction of sp³-hybridized carbons (Fsp3) is 0.200. The molecule has 0 radical (unpaired) electrons. The van der Waals surface area contributed by atoms with Gasteiger partial charge >= 0.3 is 6.18 Å². The van der Waals surface area contributed by atoms with Gasteiger partial charge in [0.15, 0.2) is 11.5 Å². The molecule has 0 saturated heterocycles. The van der Waals surface area contributed by atoms with E-state index in [2.05, 4.69) is 30.9 Å². The quantitative estimate of drug-likeness (QED) is 0.354. The molecule has 4 aromatic heterocycles. The summed E-state index contributed by atoms with van der Waals surface area (Å²) in [7, 11) is 3.02. The second-order valence-electron chi connectivity index (χ2n) is 7.02. The first-order valence-electron chi connectivity index (χ1n) is 9.98. The Morgan fingerprint density at radius 2 is 2.00 bits per heavy atom. The van der Waals surface area contributed by atoms with Crippen LogP contribution in [0, 0.1) is 0 Å². The second kappa shape index (κ2) is 9.28. The van der Waals surface area contributed by atoms with Crippen LogP contribution in [0.25, 0.3) is 11.5 Å². The third kappa shape index (κ3) is 4.97. The largest absolute Gasteiger partial charge is 0.480 e. The molecule has 15 heteroatoms. The van der Waals surface area contributed by atoms with Crippen LogP contribution >= 0.6 is 0 Å². The van der Waals surface area contributed by atoms with E-state index < -0.39 is 24.2 Å². The second-order valence-corrected chi connectivity index (χ2v) is 7.02. The molecule has 0 aromatic carbocycles. The minimum Gasteiger partial charge on any atom is -0.480 e. The lowest BCUT2D eigenvalue weighted by atomic mass is 10.3. The number of halogens is 3. The van der Waals surface area contributed by atoms with Gasteiger partial charge in [-0.3, -0.25) is 14.2 Å². The standard InChI is InChI=1S/C20H18F3N9O3/c1-24-15-8-13(28-17-11(9-26-32(15)17)18(33)25-10-20(21,22)23)27-12-4-3-7-31(19(12)34)14-5-6-16(35-2)30-29-14/h3-9,24H,10H2,1-2H3,(H,25,33)(H,27,28). The zero-order chi connectivity index (χ0) is 25.2. The van der Waals surface area contributed by atoms with Crippen LogP contribution in [0.3, 0.4) is 0 Å². The zero-order valence-electron chi connectivity index (χ0n) is 18.3. The molecule has 4 rings (SSSR count). The molecule has 35 heavy (non-hydrogen) atoms. The molecule has 0 fully saturated rings. The number of amides is 1. The molecule has 4 heterocycles. The topological polar surface area (TPSA) is 140 Å². The van der Waals surface area contributed by atoms with E-state index >= 15 is 0 Å². The fourth-order valence-electron chi connectivity index (χ4n) is 3.10. The summed E-state index contributed by atoms with van der Waals surface area (Å²) in [6, 6.07) is 7.73. The number of pyridine rings is 1. The Morgan fingerprint density at radius 3 is 2.66 bits per heavy atom. The molecule has 0 spiro atoms. The van der Waals surface area contributed by atoms with E-state index in [0.717, 1.165) is 6.20 Å². The number of hydrogen-bond acceptors (Lipinski definition) is 9. The number of rotatable bonds is 7. The van der Waals surface area contributed by atoms with Crippen molar-refractivity contribution < 1.29 is 22.7 Å². The average molecular weight is 489 g/mol. The van der Waals surface area contributed by atoms with Crippen molar-refractivity contribution in [3.63, 3.8) is 0 Å². The van der Waals surface area contributed by atoms with Gasteiger partial charge in [0.2, 0.25) is 5.88 Å². The number of hydrogen-bond donors (Lipinski definition) is 3. The van der Waals surface area contributed by atoms with Crippen LogP contribution < -0.4 is 26.2 Å². The van der Waals surface area contributed by atoms with Gasteiger partial charge in [-0.1, -0.05) is 0 Å². The Kier molecular flexibility index (Phi) is 6.22. The van der Waals surface area contributed by atoms with Crippen molar-refractivity contribution >= 4 is 28.9 Å². The first-order valence-corrected chi connectivity index (χ1v) is 9.98. The summed E-state index contributed by atoms with van der Waals surface area (Å²) >= 11 is 0. The van der Waals surface area contributed by atoms with Crippen molar-refractivity contribution in [2.24, 2.45) is 0 Å². The van der Waals surface area contributed by atoms with E-state index in [9.17, 15) is 22.8 Å². The molecule has 182 valence electrons. The van der Waals surface area contributed by atoms with Gasteiger partial charge < -0.3 is 20.7 Å². The van der Waals surface area contributed by atoms with Gasteiger partial charge in [-0.25, -0.2) is 4.98 Å². The van der Waals surface area contributed by atoms with Crippen LogP contribution in [-0.4, -0.2) is 62.1 Å². The van der Waals surface area contributed by atoms with Crippen LogP contribution in [-0.2, 0) is 0 Å². The summed E-state index contributed by atoms with van der Waals surface area (Å²) < 4.78 is 45.0. The lowest BCUT2D eigenvalue weighted by Gasteiger charge is -2.12. The third-order valence-electron chi connectivity index (χ3n) is 4.71. The van der Waals surface area contributed by atoms with Gasteiger partial charge in [0.05, 0.1) is 13.3 Å². The number of aromatic nitrogens is 6. The maximum Gasteiger partial charge on any atom is 0.405 e. The lowest BCUT2D eigenvalue weighted by molar-refractivity contribution is -0.123. The highest BCUT2D eigenvalue weighted by atomic mass is 19.4. The summed E-state index contributed by atoms with van der Waals surface area (Å²) in [5.41, 5.74) is -0.549. The first kappa shape index (κ1) is 23.5. The molecule has 0 aliphatic carbocycles. The maximum absolute atomic E-state index is 13.0. The van der Waals surface area contributed by atoms with Crippen molar-refractivity contribution in [2.75, 3.05) is 31.3 Å². The smallest absolute Gasteiger partial charge is 0.405 e. The van der Waals surface area contributed by atoms with E-state index in [1.165, 1.54) is 34.5 Å². The van der Waals surface area contributed by atoms with Crippen molar-refractivity contribution in [3.8, 4) is 11.7 Å². The highest BCUT2D eigenvalue weighted by Gasteiger charge is 2.29. The zero-order valence-corrected chi connectivity index (χ0v) is 18.3. The average Bonchev–Trinajstić information content (AvgIpc) is 3.27. The molecule has 0 atom stereocenters. The van der Waals surface area contributed by atoms with Crippen LogP contribution in [0.1, 0.15) is 10.4 Å². The summed E-state index contributed by atoms with van der Waals surface area (Å²) in [6.45, 7) is -1.50. The predicted octanol–water partition coefficient (Wildman–Crippen LogP) is 1.76. The van der Waals surface area contributed by atoms with Crippen molar-refractivity contribution in [1.82, 2.24) is 34.7 Å². The first-order chi connectivity index (χ1) is 16.7. The summed E-state index contributed by atoms with van der Waals surface area (Å²) in [4.78, 5) is 29.6. The van der Waals surface area contributed by atoms with Gasteiger partial charge in [0.25, 0.3) is 11.5 Å². The molecule has 0 aliphatic rings. The summed E-state index contributed by atoms with van der Waals surface area (Å²) in [5.74, 6) is 0.0407. The van der Waals surface area contributed by atoms with Gasteiger partial charge in [-0.05, 0) is 18.2 Å². The molecule has 0 unspecified atom stereocenters. The minimum absolute atomic E-state index is 0.0173. The normalized spacial score (nSPS) is 11.3. The highest BCUT2D eigenvalue weighted by Crippen LogP contribution is 2.21. The Bertz CT molecular complexity index is 1430. The molecule has 1 amide bonds. The van der Waals surface area contributed by atoms with E-state index in [4.69, 9.17) is 4.74 Å². The van der Waals surface area contributed by atoms with Crippen molar-refractivity contribution in [3.05, 3.63) is 58.6 Å². The van der Waals surface area contributed by atoms with Crippen molar-refractivity contribution in [2.45, 2.75) is 6.18 Å². The number of methoxy groups -OCH3 is 1. The van der Waals surface area contributed by atoms with Gasteiger partial charge in [0, 0.05) is 25.4 Å². The van der Waals surface area contributed by atoms with Crippen LogP contribution in [0.15, 0.2) is 47.5 Å². The SMILES string of the molecule is CNc1cc(Nc2cccn(-c3ccc(OC)nn3)c2=O)nc2c(C(=O)NCC(F)(F)F)cnn12. The van der Waals surface area contributed by atoms with Crippen LogP contribution in [0.2, 0.25) is 0 Å². The predicted molar refractivity (Wildman–Crippen MR) is 118 cm³/mol. The molecule has 3 N–H and O–H groups in total. The summed E-state index contributed by atoms with van der Waals surface area (Å²) in [6.07, 6.45) is -1.97. The van der Waals surface area contributed by atoms with Crippen LogP contribution in [0.4, 0.5) is 30.5 Å². The van der Waals surface area contributed by atoms with Gasteiger partial charge in [-0.2, -0.15) is 22.8 Å². The molecular weight excluding hydrogens is 471 g/mol. The number of nitrogens with one attached hydrogen (secondary N) is 3. The fourth-order valence-corrected chi connectivity index (χ4v) is 3.10.